The number of rotatable bonds is 0. The van der Waals surface area contributed by atoms with Gasteiger partial charge in [0.25, 0.3) is 0 Å². The Morgan fingerprint density at radius 3 is 3.00 bits per heavy atom. The topological polar surface area (TPSA) is 41.8 Å². The molecular formula is C10H8N2S. The van der Waals surface area contributed by atoms with Gasteiger partial charge in [-0.3, -0.25) is 0 Å². The van der Waals surface area contributed by atoms with Crippen molar-refractivity contribution in [2.45, 2.75) is 0 Å². The largest absolute Gasteiger partial charge is 0.397 e. The fourth-order valence-electron chi connectivity index (χ4n) is 1.65. The Morgan fingerprint density at radius 1 is 1.23 bits per heavy atom. The summed E-state index contributed by atoms with van der Waals surface area (Å²) in [5, 5.41) is 2.42. The van der Waals surface area contributed by atoms with E-state index in [0.29, 0.717) is 0 Å². The minimum Gasteiger partial charge on any atom is -0.397 e. The van der Waals surface area contributed by atoms with Crippen molar-refractivity contribution in [2.24, 2.45) is 0 Å². The van der Waals surface area contributed by atoms with Crippen LogP contribution in [-0.2, 0) is 0 Å². The highest BCUT2D eigenvalue weighted by molar-refractivity contribution is 7.25. The zero-order chi connectivity index (χ0) is 8.84. The molecule has 1 aromatic carbocycles. The third kappa shape index (κ3) is 0.820. The molecular weight excluding hydrogens is 180 g/mol. The Balaban J connectivity index is 2.66. The molecule has 0 radical (unpaired) electrons. The van der Waals surface area contributed by atoms with Crippen LogP contribution in [0, 0.1) is 0 Å². The van der Waals surface area contributed by atoms with Crippen LogP contribution in [0.15, 0.2) is 30.5 Å². The Bertz CT molecular complexity index is 577. The normalized spacial score (nSPS) is 11.4. The highest BCUT2D eigenvalue weighted by Gasteiger charge is 2.07. The molecule has 13 heavy (non-hydrogen) atoms. The standard InChI is InChI=1S/C10H8N2S/c11-7-5-12-10-9(7)6-3-1-2-4-8(6)13-10/h1-5,12H,11H2. The zero-order valence-corrected chi connectivity index (χ0v) is 7.69. The summed E-state index contributed by atoms with van der Waals surface area (Å²) in [6, 6.07) is 8.32. The zero-order valence-electron chi connectivity index (χ0n) is 6.87. The third-order valence-electron chi connectivity index (χ3n) is 2.24. The highest BCUT2D eigenvalue weighted by atomic mass is 32.1. The van der Waals surface area contributed by atoms with Gasteiger partial charge in [-0.2, -0.15) is 0 Å². The molecule has 3 rings (SSSR count). The quantitative estimate of drug-likeness (QED) is 0.559. The van der Waals surface area contributed by atoms with Crippen LogP contribution in [-0.4, -0.2) is 4.98 Å². The van der Waals surface area contributed by atoms with Gasteiger partial charge in [0.2, 0.25) is 0 Å². The molecule has 0 fully saturated rings. The first-order chi connectivity index (χ1) is 6.36. The van der Waals surface area contributed by atoms with Crippen molar-refractivity contribution in [3.63, 3.8) is 0 Å². The molecule has 3 heteroatoms. The van der Waals surface area contributed by atoms with Crippen LogP contribution in [0.1, 0.15) is 0 Å². The molecule has 0 aliphatic rings. The molecule has 0 saturated carbocycles. The number of nitrogen functional groups attached to an aromatic ring is 1. The molecule has 0 unspecified atom stereocenters. The van der Waals surface area contributed by atoms with E-state index in [1.165, 1.54) is 20.3 Å². The lowest BCUT2D eigenvalue weighted by atomic mass is 10.2. The second-order valence-electron chi connectivity index (χ2n) is 3.05. The number of aromatic nitrogens is 1. The van der Waals surface area contributed by atoms with Gasteiger partial charge >= 0.3 is 0 Å². The molecule has 0 atom stereocenters. The van der Waals surface area contributed by atoms with E-state index in [1.54, 1.807) is 11.3 Å². The summed E-state index contributed by atoms with van der Waals surface area (Å²) in [6.45, 7) is 0. The first-order valence-electron chi connectivity index (χ1n) is 4.10. The van der Waals surface area contributed by atoms with E-state index < -0.39 is 0 Å². The molecule has 0 bridgehead atoms. The minimum absolute atomic E-state index is 0.840. The van der Waals surface area contributed by atoms with E-state index in [-0.39, 0.29) is 0 Å². The second-order valence-corrected chi connectivity index (χ2v) is 4.10. The summed E-state index contributed by atoms with van der Waals surface area (Å²) in [6.07, 6.45) is 1.85. The average molecular weight is 188 g/mol. The van der Waals surface area contributed by atoms with E-state index in [4.69, 9.17) is 5.73 Å². The lowest BCUT2D eigenvalue weighted by Gasteiger charge is -1.88. The average Bonchev–Trinajstić information content (AvgIpc) is 2.66. The SMILES string of the molecule is Nc1c[nH]c2sc3ccccc3c12. The number of H-pyrrole nitrogens is 1. The van der Waals surface area contributed by atoms with Crippen molar-refractivity contribution < 1.29 is 0 Å². The molecule has 2 heterocycles. The molecule has 0 aliphatic carbocycles. The van der Waals surface area contributed by atoms with Gasteiger partial charge in [-0.05, 0) is 6.07 Å². The van der Waals surface area contributed by atoms with Crippen LogP contribution in [0.2, 0.25) is 0 Å². The Kier molecular flexibility index (Phi) is 1.21. The molecule has 64 valence electrons. The number of fused-ring (bicyclic) bond motifs is 3. The molecule has 0 saturated heterocycles. The van der Waals surface area contributed by atoms with Gasteiger partial charge in [-0.15, -0.1) is 11.3 Å². The van der Waals surface area contributed by atoms with E-state index in [1.807, 2.05) is 18.3 Å². The summed E-state index contributed by atoms with van der Waals surface area (Å²) in [4.78, 5) is 4.34. The van der Waals surface area contributed by atoms with Gasteiger partial charge < -0.3 is 10.7 Å². The van der Waals surface area contributed by atoms with E-state index >= 15 is 0 Å². The third-order valence-corrected chi connectivity index (χ3v) is 3.34. The van der Waals surface area contributed by atoms with Crippen LogP contribution in [0.25, 0.3) is 20.3 Å². The number of hydrogen-bond acceptors (Lipinski definition) is 2. The number of nitrogens with two attached hydrogens (primary N) is 1. The van der Waals surface area contributed by atoms with E-state index in [0.717, 1.165) is 5.69 Å². The molecule has 3 N–H and O–H groups in total. The lowest BCUT2D eigenvalue weighted by Crippen LogP contribution is -1.78. The van der Waals surface area contributed by atoms with Gasteiger partial charge in [0.15, 0.2) is 0 Å². The number of thiophene rings is 1. The predicted molar refractivity (Wildman–Crippen MR) is 58.1 cm³/mol. The Hall–Kier alpha value is -1.48. The molecule has 0 spiro atoms. The predicted octanol–water partition coefficient (Wildman–Crippen LogP) is 2.96. The summed E-state index contributed by atoms with van der Waals surface area (Å²) < 4.78 is 1.29. The Morgan fingerprint density at radius 2 is 2.08 bits per heavy atom. The van der Waals surface area contributed by atoms with Gasteiger partial charge in [-0.1, -0.05) is 18.2 Å². The lowest BCUT2D eigenvalue weighted by molar-refractivity contribution is 1.50. The Labute approximate surface area is 79.0 Å². The van der Waals surface area contributed by atoms with Crippen LogP contribution in [0.5, 0.6) is 0 Å². The number of benzene rings is 1. The fourth-order valence-corrected chi connectivity index (χ4v) is 2.74. The molecule has 0 aliphatic heterocycles. The first-order valence-corrected chi connectivity index (χ1v) is 4.92. The molecule has 2 nitrogen and oxygen atoms in total. The number of aromatic amines is 1. The summed E-state index contributed by atoms with van der Waals surface area (Å²) in [5.41, 5.74) is 6.70. The monoisotopic (exact) mass is 188 g/mol. The summed E-state index contributed by atoms with van der Waals surface area (Å²) >= 11 is 1.75. The van der Waals surface area contributed by atoms with Crippen molar-refractivity contribution in [3.8, 4) is 0 Å². The maximum atomic E-state index is 5.86. The summed E-state index contributed by atoms with van der Waals surface area (Å²) in [5.74, 6) is 0. The number of hydrogen-bond donors (Lipinski definition) is 2. The molecule has 3 aromatic rings. The van der Waals surface area contributed by atoms with Crippen molar-refractivity contribution >= 4 is 37.3 Å². The summed E-state index contributed by atoms with van der Waals surface area (Å²) in [7, 11) is 0. The molecule has 2 aromatic heterocycles. The highest BCUT2D eigenvalue weighted by Crippen LogP contribution is 2.36. The van der Waals surface area contributed by atoms with Crippen molar-refractivity contribution in [1.82, 2.24) is 4.98 Å². The van der Waals surface area contributed by atoms with Gasteiger partial charge in [0.1, 0.15) is 4.83 Å². The van der Waals surface area contributed by atoms with E-state index in [9.17, 15) is 0 Å². The minimum atomic E-state index is 0.840. The van der Waals surface area contributed by atoms with Crippen molar-refractivity contribution in [1.29, 1.82) is 0 Å². The first kappa shape index (κ1) is 6.97. The maximum absolute atomic E-state index is 5.86. The fraction of sp³-hybridized carbons (Fsp3) is 0. The van der Waals surface area contributed by atoms with Crippen LogP contribution >= 0.6 is 11.3 Å². The van der Waals surface area contributed by atoms with Gasteiger partial charge in [0, 0.05) is 21.7 Å². The second kappa shape index (κ2) is 2.26. The van der Waals surface area contributed by atoms with Gasteiger partial charge in [-0.25, -0.2) is 0 Å². The van der Waals surface area contributed by atoms with E-state index in [2.05, 4.69) is 17.1 Å². The smallest absolute Gasteiger partial charge is 0.103 e. The molecule has 0 amide bonds. The van der Waals surface area contributed by atoms with Crippen LogP contribution in [0.4, 0.5) is 5.69 Å². The van der Waals surface area contributed by atoms with Crippen molar-refractivity contribution in [2.75, 3.05) is 5.73 Å². The van der Waals surface area contributed by atoms with Crippen LogP contribution in [0.3, 0.4) is 0 Å². The van der Waals surface area contributed by atoms with Gasteiger partial charge in [0.05, 0.1) is 5.69 Å². The number of anilines is 1. The maximum Gasteiger partial charge on any atom is 0.103 e. The van der Waals surface area contributed by atoms with Crippen molar-refractivity contribution in [3.05, 3.63) is 30.5 Å². The van der Waals surface area contributed by atoms with Crippen LogP contribution < -0.4 is 5.73 Å². The number of nitrogens with one attached hydrogen (secondary N) is 1.